The Morgan fingerprint density at radius 1 is 1.18 bits per heavy atom. The van der Waals surface area contributed by atoms with Crippen LogP contribution in [0.2, 0.25) is 0 Å². The fourth-order valence-electron chi connectivity index (χ4n) is 2.87. The lowest BCUT2D eigenvalue weighted by molar-refractivity contribution is -0.0639. The summed E-state index contributed by atoms with van der Waals surface area (Å²) >= 11 is 0. The van der Waals surface area contributed by atoms with Gasteiger partial charge in [0.2, 0.25) is 0 Å². The van der Waals surface area contributed by atoms with Gasteiger partial charge < -0.3 is 4.74 Å². The van der Waals surface area contributed by atoms with Crippen LogP contribution in [0.15, 0.2) is 36.7 Å². The minimum atomic E-state index is 0.135. The summed E-state index contributed by atoms with van der Waals surface area (Å²) in [6.07, 6.45) is 3.84. The highest BCUT2D eigenvalue weighted by Crippen LogP contribution is 2.27. The summed E-state index contributed by atoms with van der Waals surface area (Å²) in [4.78, 5) is 11.2. The Morgan fingerprint density at radius 2 is 2.00 bits per heavy atom. The third-order valence-corrected chi connectivity index (χ3v) is 4.30. The van der Waals surface area contributed by atoms with Crippen molar-refractivity contribution in [2.24, 2.45) is 0 Å². The predicted molar refractivity (Wildman–Crippen MR) is 86.5 cm³/mol. The minimum Gasteiger partial charge on any atom is -0.371 e. The Bertz CT molecular complexity index is 626. The zero-order chi connectivity index (χ0) is 15.5. The SMILES string of the molecule is Cc1cnc(CN2CC(c3ccccc3C)OCC2C)cn1. The number of aromatic nitrogens is 2. The normalized spacial score (nSPS) is 22.7. The molecular formula is C18H23N3O. The van der Waals surface area contributed by atoms with Crippen LogP contribution in [-0.4, -0.2) is 34.1 Å². The highest BCUT2D eigenvalue weighted by molar-refractivity contribution is 5.28. The van der Waals surface area contributed by atoms with Gasteiger partial charge in [-0.1, -0.05) is 24.3 Å². The van der Waals surface area contributed by atoms with Crippen molar-refractivity contribution in [3.8, 4) is 0 Å². The molecule has 0 N–H and O–H groups in total. The van der Waals surface area contributed by atoms with Gasteiger partial charge in [0.25, 0.3) is 0 Å². The summed E-state index contributed by atoms with van der Waals surface area (Å²) in [5, 5.41) is 0. The van der Waals surface area contributed by atoms with E-state index < -0.39 is 0 Å². The number of rotatable bonds is 3. The standard InChI is InChI=1S/C18H23N3O/c1-13-6-4-5-7-17(13)18-11-21(15(3)12-22-18)10-16-9-19-14(2)8-20-16/h4-9,15,18H,10-12H2,1-3H3. The second kappa shape index (κ2) is 6.55. The van der Waals surface area contributed by atoms with Gasteiger partial charge in [0, 0.05) is 31.5 Å². The summed E-state index contributed by atoms with van der Waals surface area (Å²) < 4.78 is 6.07. The average molecular weight is 297 g/mol. The Kier molecular flexibility index (Phi) is 4.50. The number of hydrogen-bond acceptors (Lipinski definition) is 4. The van der Waals surface area contributed by atoms with E-state index in [1.54, 1.807) is 0 Å². The molecule has 1 aromatic carbocycles. The lowest BCUT2D eigenvalue weighted by Gasteiger charge is -2.38. The number of ether oxygens (including phenoxy) is 1. The molecule has 4 nitrogen and oxygen atoms in total. The van der Waals surface area contributed by atoms with Crippen LogP contribution in [0.25, 0.3) is 0 Å². The molecule has 1 saturated heterocycles. The van der Waals surface area contributed by atoms with Crippen molar-refractivity contribution in [1.29, 1.82) is 0 Å². The predicted octanol–water partition coefficient (Wildman–Crippen LogP) is 3.06. The van der Waals surface area contributed by atoms with Gasteiger partial charge in [0.15, 0.2) is 0 Å². The highest BCUT2D eigenvalue weighted by atomic mass is 16.5. The van der Waals surface area contributed by atoms with E-state index in [0.29, 0.717) is 6.04 Å². The summed E-state index contributed by atoms with van der Waals surface area (Å²) in [6.45, 7) is 8.77. The molecule has 1 fully saturated rings. The number of hydrogen-bond donors (Lipinski definition) is 0. The molecule has 2 heterocycles. The molecule has 2 aromatic rings. The molecule has 0 amide bonds. The molecule has 3 rings (SSSR count). The second-order valence-corrected chi connectivity index (χ2v) is 6.11. The van der Waals surface area contributed by atoms with Crippen LogP contribution in [0.5, 0.6) is 0 Å². The van der Waals surface area contributed by atoms with E-state index >= 15 is 0 Å². The summed E-state index contributed by atoms with van der Waals surface area (Å²) in [6, 6.07) is 8.86. The smallest absolute Gasteiger partial charge is 0.0955 e. The molecule has 1 aliphatic heterocycles. The van der Waals surface area contributed by atoms with Crippen molar-refractivity contribution < 1.29 is 4.74 Å². The Hall–Kier alpha value is -1.78. The first-order valence-corrected chi connectivity index (χ1v) is 7.82. The maximum atomic E-state index is 6.07. The van der Waals surface area contributed by atoms with Gasteiger partial charge in [-0.2, -0.15) is 0 Å². The van der Waals surface area contributed by atoms with Gasteiger partial charge in [-0.05, 0) is 31.9 Å². The highest BCUT2D eigenvalue weighted by Gasteiger charge is 2.28. The van der Waals surface area contributed by atoms with Crippen LogP contribution < -0.4 is 0 Å². The molecule has 0 aliphatic carbocycles. The molecule has 0 bridgehead atoms. The second-order valence-electron chi connectivity index (χ2n) is 6.11. The molecule has 1 aromatic heterocycles. The van der Waals surface area contributed by atoms with Gasteiger partial charge in [-0.15, -0.1) is 0 Å². The largest absolute Gasteiger partial charge is 0.371 e. The first kappa shape index (κ1) is 15.1. The van der Waals surface area contributed by atoms with E-state index in [1.165, 1.54) is 11.1 Å². The molecule has 0 radical (unpaired) electrons. The lowest BCUT2D eigenvalue weighted by atomic mass is 10.0. The lowest BCUT2D eigenvalue weighted by Crippen LogP contribution is -2.44. The van der Waals surface area contributed by atoms with Crippen LogP contribution in [0.3, 0.4) is 0 Å². The number of nitrogens with zero attached hydrogens (tertiary/aromatic N) is 3. The monoisotopic (exact) mass is 297 g/mol. The Labute approximate surface area is 132 Å². The summed E-state index contributed by atoms with van der Waals surface area (Å²) in [7, 11) is 0. The van der Waals surface area contributed by atoms with Crippen molar-refractivity contribution in [2.75, 3.05) is 13.2 Å². The zero-order valence-electron chi connectivity index (χ0n) is 13.5. The van der Waals surface area contributed by atoms with Crippen LogP contribution in [0.4, 0.5) is 0 Å². The summed E-state index contributed by atoms with van der Waals surface area (Å²) in [5.74, 6) is 0. The van der Waals surface area contributed by atoms with E-state index in [2.05, 4.69) is 53.0 Å². The molecule has 116 valence electrons. The van der Waals surface area contributed by atoms with Crippen molar-refractivity contribution in [3.63, 3.8) is 0 Å². The maximum Gasteiger partial charge on any atom is 0.0955 e. The van der Waals surface area contributed by atoms with Gasteiger partial charge in [0.05, 0.1) is 24.1 Å². The number of aryl methyl sites for hydroxylation is 2. The molecule has 2 atom stereocenters. The van der Waals surface area contributed by atoms with Gasteiger partial charge >= 0.3 is 0 Å². The molecule has 22 heavy (non-hydrogen) atoms. The molecule has 0 spiro atoms. The number of morpholine rings is 1. The van der Waals surface area contributed by atoms with E-state index in [-0.39, 0.29) is 6.10 Å². The molecular weight excluding hydrogens is 274 g/mol. The maximum absolute atomic E-state index is 6.07. The molecule has 0 saturated carbocycles. The van der Waals surface area contributed by atoms with Crippen molar-refractivity contribution in [2.45, 2.75) is 39.5 Å². The van der Waals surface area contributed by atoms with Gasteiger partial charge in [0.1, 0.15) is 0 Å². The minimum absolute atomic E-state index is 0.135. The Balaban J connectivity index is 1.74. The van der Waals surface area contributed by atoms with E-state index in [0.717, 1.165) is 31.1 Å². The quantitative estimate of drug-likeness (QED) is 0.873. The fourth-order valence-corrected chi connectivity index (χ4v) is 2.87. The Morgan fingerprint density at radius 3 is 2.73 bits per heavy atom. The first-order valence-electron chi connectivity index (χ1n) is 7.82. The number of benzene rings is 1. The molecule has 4 heteroatoms. The molecule has 2 unspecified atom stereocenters. The summed E-state index contributed by atoms with van der Waals surface area (Å²) in [5.41, 5.74) is 4.55. The van der Waals surface area contributed by atoms with Crippen molar-refractivity contribution in [1.82, 2.24) is 14.9 Å². The molecule has 1 aliphatic rings. The van der Waals surface area contributed by atoms with Gasteiger partial charge in [-0.25, -0.2) is 0 Å². The average Bonchev–Trinajstić information content (AvgIpc) is 2.52. The van der Waals surface area contributed by atoms with E-state index in [9.17, 15) is 0 Å². The third-order valence-electron chi connectivity index (χ3n) is 4.30. The van der Waals surface area contributed by atoms with E-state index in [4.69, 9.17) is 4.74 Å². The van der Waals surface area contributed by atoms with Crippen molar-refractivity contribution >= 4 is 0 Å². The van der Waals surface area contributed by atoms with Crippen LogP contribution >= 0.6 is 0 Å². The van der Waals surface area contributed by atoms with Crippen LogP contribution in [-0.2, 0) is 11.3 Å². The zero-order valence-corrected chi connectivity index (χ0v) is 13.5. The van der Waals surface area contributed by atoms with E-state index in [1.807, 2.05) is 19.3 Å². The third kappa shape index (κ3) is 3.34. The fraction of sp³-hybridized carbons (Fsp3) is 0.444. The van der Waals surface area contributed by atoms with Crippen molar-refractivity contribution in [3.05, 3.63) is 59.2 Å². The van der Waals surface area contributed by atoms with Gasteiger partial charge in [-0.3, -0.25) is 14.9 Å². The topological polar surface area (TPSA) is 38.2 Å². The van der Waals surface area contributed by atoms with Crippen LogP contribution in [0, 0.1) is 13.8 Å². The first-order chi connectivity index (χ1) is 10.6. The van der Waals surface area contributed by atoms with Crippen LogP contribution in [0.1, 0.15) is 35.5 Å².